The van der Waals surface area contributed by atoms with Gasteiger partial charge in [0.05, 0.1) is 0 Å². The zero-order valence-electron chi connectivity index (χ0n) is 12.3. The number of fused-ring (bicyclic) bond motifs is 1. The van der Waals surface area contributed by atoms with Gasteiger partial charge in [-0.3, -0.25) is 0 Å². The number of nitrogens with one attached hydrogen (secondary N) is 1. The summed E-state index contributed by atoms with van der Waals surface area (Å²) in [5.41, 5.74) is 3.49. The second-order valence-corrected chi connectivity index (χ2v) is 5.44. The Kier molecular flexibility index (Phi) is 4.23. The molecule has 2 N–H and O–H groups in total. The lowest BCUT2D eigenvalue weighted by Gasteiger charge is -2.16. The second kappa shape index (κ2) is 6.29. The number of ether oxygens (including phenoxy) is 1. The van der Waals surface area contributed by atoms with Crippen LogP contribution in [0.15, 0.2) is 48.5 Å². The smallest absolute Gasteiger partial charge is 0.122 e. The van der Waals surface area contributed by atoms with Gasteiger partial charge in [0, 0.05) is 6.04 Å². The molecule has 2 atom stereocenters. The fraction of sp³-hybridized carbons (Fsp3) is 0.333. The van der Waals surface area contributed by atoms with E-state index < -0.39 is 6.10 Å². The van der Waals surface area contributed by atoms with Gasteiger partial charge in [-0.1, -0.05) is 42.5 Å². The van der Waals surface area contributed by atoms with Crippen molar-refractivity contribution in [2.75, 3.05) is 13.7 Å². The van der Waals surface area contributed by atoms with E-state index in [-0.39, 0.29) is 6.61 Å². The fourth-order valence-corrected chi connectivity index (χ4v) is 3.00. The molecule has 3 nitrogen and oxygen atoms in total. The summed E-state index contributed by atoms with van der Waals surface area (Å²) in [5, 5.41) is 13.5. The quantitative estimate of drug-likeness (QED) is 0.886. The molecule has 0 radical (unpaired) electrons. The van der Waals surface area contributed by atoms with Crippen molar-refractivity contribution < 1.29 is 9.84 Å². The molecule has 3 rings (SSSR count). The number of hydrogen-bond donors (Lipinski definition) is 2. The van der Waals surface area contributed by atoms with E-state index in [0.717, 1.165) is 24.2 Å². The van der Waals surface area contributed by atoms with Gasteiger partial charge in [-0.05, 0) is 42.6 Å². The van der Waals surface area contributed by atoms with E-state index >= 15 is 0 Å². The molecule has 0 spiro atoms. The molecule has 0 saturated heterocycles. The minimum absolute atomic E-state index is 0.282. The van der Waals surface area contributed by atoms with Gasteiger partial charge in [-0.15, -0.1) is 0 Å². The second-order valence-electron chi connectivity index (χ2n) is 5.44. The maximum absolute atomic E-state index is 10.2. The Labute approximate surface area is 125 Å². The van der Waals surface area contributed by atoms with Crippen LogP contribution in [0.25, 0.3) is 0 Å². The number of aliphatic hydroxyl groups excluding tert-OH is 1. The van der Waals surface area contributed by atoms with Crippen LogP contribution < -0.4 is 10.1 Å². The molecule has 0 aliphatic heterocycles. The highest BCUT2D eigenvalue weighted by Crippen LogP contribution is 2.36. The van der Waals surface area contributed by atoms with Gasteiger partial charge in [0.1, 0.15) is 18.5 Å². The van der Waals surface area contributed by atoms with Crippen LogP contribution in [0.3, 0.4) is 0 Å². The average molecular weight is 283 g/mol. The topological polar surface area (TPSA) is 41.5 Å². The first-order valence-corrected chi connectivity index (χ1v) is 7.44. The van der Waals surface area contributed by atoms with E-state index in [1.807, 2.05) is 49.5 Å². The Morgan fingerprint density at radius 1 is 1.19 bits per heavy atom. The summed E-state index contributed by atoms with van der Waals surface area (Å²) < 4.78 is 5.88. The zero-order valence-corrected chi connectivity index (χ0v) is 12.3. The molecular weight excluding hydrogens is 262 g/mol. The molecule has 0 aromatic heterocycles. The van der Waals surface area contributed by atoms with Gasteiger partial charge < -0.3 is 15.2 Å². The van der Waals surface area contributed by atoms with Gasteiger partial charge in [0.25, 0.3) is 0 Å². The summed E-state index contributed by atoms with van der Waals surface area (Å²) in [5.74, 6) is 0.903. The predicted molar refractivity (Wildman–Crippen MR) is 83.5 cm³/mol. The first kappa shape index (κ1) is 14.1. The molecule has 110 valence electrons. The first-order valence-electron chi connectivity index (χ1n) is 7.44. The van der Waals surface area contributed by atoms with Crippen molar-refractivity contribution in [3.05, 3.63) is 65.2 Å². The third-order valence-corrected chi connectivity index (χ3v) is 4.16. The number of aliphatic hydroxyl groups is 1. The molecule has 0 saturated carbocycles. The Morgan fingerprint density at radius 3 is 2.76 bits per heavy atom. The Hall–Kier alpha value is -1.84. The van der Waals surface area contributed by atoms with Gasteiger partial charge in [0.15, 0.2) is 0 Å². The summed E-state index contributed by atoms with van der Waals surface area (Å²) in [7, 11) is 1.99. The summed E-state index contributed by atoms with van der Waals surface area (Å²) in [6.45, 7) is 0.282. The molecule has 21 heavy (non-hydrogen) atoms. The molecule has 0 bridgehead atoms. The van der Waals surface area contributed by atoms with Crippen LogP contribution in [-0.4, -0.2) is 18.8 Å². The van der Waals surface area contributed by atoms with Crippen molar-refractivity contribution in [2.45, 2.75) is 25.0 Å². The van der Waals surface area contributed by atoms with Crippen molar-refractivity contribution >= 4 is 0 Å². The highest BCUT2D eigenvalue weighted by Gasteiger charge is 2.24. The molecule has 0 amide bonds. The summed E-state index contributed by atoms with van der Waals surface area (Å²) in [4.78, 5) is 0. The summed E-state index contributed by atoms with van der Waals surface area (Å²) >= 11 is 0. The molecule has 2 aromatic carbocycles. The third-order valence-electron chi connectivity index (χ3n) is 4.16. The van der Waals surface area contributed by atoms with Crippen LogP contribution in [0.4, 0.5) is 0 Å². The lowest BCUT2D eigenvalue weighted by molar-refractivity contribution is 0.107. The van der Waals surface area contributed by atoms with Crippen molar-refractivity contribution in [1.29, 1.82) is 0 Å². The SMILES string of the molecule is CNC1CCc2c(OCC(O)c3ccccc3)cccc21. The van der Waals surface area contributed by atoms with Gasteiger partial charge >= 0.3 is 0 Å². The number of rotatable bonds is 5. The van der Waals surface area contributed by atoms with E-state index in [1.54, 1.807) is 0 Å². The Bertz CT molecular complexity index is 597. The highest BCUT2D eigenvalue weighted by molar-refractivity contribution is 5.45. The third kappa shape index (κ3) is 2.94. The predicted octanol–water partition coefficient (Wildman–Crippen LogP) is 3.01. The molecule has 0 heterocycles. The van der Waals surface area contributed by atoms with E-state index in [9.17, 15) is 5.11 Å². The Morgan fingerprint density at radius 2 is 2.00 bits per heavy atom. The van der Waals surface area contributed by atoms with Gasteiger partial charge in [0.2, 0.25) is 0 Å². The maximum Gasteiger partial charge on any atom is 0.122 e. The molecule has 3 heteroatoms. The molecule has 0 fully saturated rings. The van der Waals surface area contributed by atoms with Crippen LogP contribution in [-0.2, 0) is 6.42 Å². The van der Waals surface area contributed by atoms with Crippen LogP contribution in [0.1, 0.15) is 35.3 Å². The average Bonchev–Trinajstić information content (AvgIpc) is 2.97. The molecule has 2 aromatic rings. The Balaban J connectivity index is 1.71. The maximum atomic E-state index is 10.2. The van der Waals surface area contributed by atoms with Crippen LogP contribution in [0, 0.1) is 0 Å². The monoisotopic (exact) mass is 283 g/mol. The first-order chi connectivity index (χ1) is 10.3. The molecule has 1 aliphatic carbocycles. The number of benzene rings is 2. The zero-order chi connectivity index (χ0) is 14.7. The molecule has 2 unspecified atom stereocenters. The van der Waals surface area contributed by atoms with Gasteiger partial charge in [-0.25, -0.2) is 0 Å². The van der Waals surface area contributed by atoms with E-state index in [1.165, 1.54) is 11.1 Å². The van der Waals surface area contributed by atoms with Crippen molar-refractivity contribution in [1.82, 2.24) is 5.32 Å². The van der Waals surface area contributed by atoms with E-state index in [0.29, 0.717) is 6.04 Å². The molecule has 1 aliphatic rings. The summed E-state index contributed by atoms with van der Waals surface area (Å²) in [6.07, 6.45) is 1.54. The minimum atomic E-state index is -0.594. The number of hydrogen-bond acceptors (Lipinski definition) is 3. The fourth-order valence-electron chi connectivity index (χ4n) is 3.00. The van der Waals surface area contributed by atoms with Gasteiger partial charge in [-0.2, -0.15) is 0 Å². The lowest BCUT2D eigenvalue weighted by Crippen LogP contribution is -2.13. The largest absolute Gasteiger partial charge is 0.490 e. The van der Waals surface area contributed by atoms with Crippen molar-refractivity contribution in [3.8, 4) is 5.75 Å². The molecular formula is C18H21NO2. The van der Waals surface area contributed by atoms with E-state index in [4.69, 9.17) is 4.74 Å². The lowest BCUT2D eigenvalue weighted by atomic mass is 10.1. The van der Waals surface area contributed by atoms with Crippen LogP contribution >= 0.6 is 0 Å². The van der Waals surface area contributed by atoms with Crippen molar-refractivity contribution in [2.24, 2.45) is 0 Å². The minimum Gasteiger partial charge on any atom is -0.490 e. The van der Waals surface area contributed by atoms with Crippen LogP contribution in [0.2, 0.25) is 0 Å². The standard InChI is InChI=1S/C18H21NO2/c1-19-16-11-10-15-14(16)8-5-9-18(15)21-12-17(20)13-6-3-2-4-7-13/h2-9,16-17,19-20H,10-12H2,1H3. The normalized spacial score (nSPS) is 18.3. The summed E-state index contributed by atoms with van der Waals surface area (Å²) in [6, 6.07) is 16.2. The van der Waals surface area contributed by atoms with Crippen molar-refractivity contribution in [3.63, 3.8) is 0 Å². The van der Waals surface area contributed by atoms with E-state index in [2.05, 4.69) is 11.4 Å². The van der Waals surface area contributed by atoms with Crippen LogP contribution in [0.5, 0.6) is 5.75 Å². The highest BCUT2D eigenvalue weighted by atomic mass is 16.5.